The summed E-state index contributed by atoms with van der Waals surface area (Å²) in [4.78, 5) is 26.5. The van der Waals surface area contributed by atoms with E-state index >= 15 is 0 Å². The normalized spacial score (nSPS) is 11.3. The number of methoxy groups -OCH3 is 1. The van der Waals surface area contributed by atoms with Crippen molar-refractivity contribution in [3.63, 3.8) is 0 Å². The second kappa shape index (κ2) is 9.25. The van der Waals surface area contributed by atoms with Gasteiger partial charge in [-0.05, 0) is 43.2 Å². The summed E-state index contributed by atoms with van der Waals surface area (Å²) in [6.07, 6.45) is -3.21. The Morgan fingerprint density at radius 1 is 1.09 bits per heavy atom. The summed E-state index contributed by atoms with van der Waals surface area (Å²) in [7, 11) is 1.23. The van der Waals surface area contributed by atoms with Crippen molar-refractivity contribution in [3.8, 4) is 5.69 Å². The molecular weight excluding hydrogens is 423 g/mol. The molecule has 3 rings (SSSR count). The molecule has 9 heteroatoms. The van der Waals surface area contributed by atoms with Crippen LogP contribution in [0, 0.1) is 13.8 Å². The van der Waals surface area contributed by atoms with Gasteiger partial charge in [-0.25, -0.2) is 4.68 Å². The minimum Gasteiger partial charge on any atom is -0.468 e. The Balaban J connectivity index is 1.95. The van der Waals surface area contributed by atoms with Crippen LogP contribution in [-0.2, 0) is 22.3 Å². The molecule has 0 bridgehead atoms. The molecule has 32 heavy (non-hydrogen) atoms. The third kappa shape index (κ3) is 4.99. The van der Waals surface area contributed by atoms with E-state index in [1.165, 1.54) is 35.0 Å². The molecule has 0 saturated heterocycles. The lowest BCUT2D eigenvalue weighted by Crippen LogP contribution is -2.36. The first-order chi connectivity index (χ1) is 15.1. The summed E-state index contributed by atoms with van der Waals surface area (Å²) < 4.78 is 45.2. The number of halogens is 3. The van der Waals surface area contributed by atoms with Crippen LogP contribution >= 0.6 is 0 Å². The molecule has 0 aliphatic carbocycles. The molecule has 0 N–H and O–H groups in total. The molecule has 0 radical (unpaired) electrons. The number of carbonyl (C=O) groups excluding carboxylic acids is 2. The number of amides is 1. The fourth-order valence-electron chi connectivity index (χ4n) is 3.28. The SMILES string of the molecule is COC(=O)CN(Cc1ccccc1C)C(=O)c1cnn(-c2cccc(C(F)(F)F)c2)c1C. The zero-order chi connectivity index (χ0) is 23.5. The molecule has 0 unspecified atom stereocenters. The summed E-state index contributed by atoms with van der Waals surface area (Å²) in [6.45, 7) is 3.37. The first-order valence-electron chi connectivity index (χ1n) is 9.74. The Hall–Kier alpha value is -3.62. The van der Waals surface area contributed by atoms with Crippen molar-refractivity contribution in [2.45, 2.75) is 26.6 Å². The lowest BCUT2D eigenvalue weighted by molar-refractivity contribution is -0.141. The van der Waals surface area contributed by atoms with Crippen LogP contribution in [0.1, 0.15) is 32.7 Å². The fourth-order valence-corrected chi connectivity index (χ4v) is 3.28. The van der Waals surface area contributed by atoms with Gasteiger partial charge in [0.2, 0.25) is 0 Å². The minimum atomic E-state index is -4.50. The first kappa shape index (κ1) is 23.1. The average molecular weight is 445 g/mol. The third-order valence-corrected chi connectivity index (χ3v) is 5.12. The second-order valence-corrected chi connectivity index (χ2v) is 7.27. The van der Waals surface area contributed by atoms with E-state index < -0.39 is 23.6 Å². The molecule has 2 aromatic carbocycles. The number of carbonyl (C=O) groups is 2. The number of benzene rings is 2. The van der Waals surface area contributed by atoms with Gasteiger partial charge in [-0.2, -0.15) is 18.3 Å². The van der Waals surface area contributed by atoms with Crippen molar-refractivity contribution in [2.75, 3.05) is 13.7 Å². The molecule has 3 aromatic rings. The summed E-state index contributed by atoms with van der Waals surface area (Å²) in [5, 5.41) is 4.12. The summed E-state index contributed by atoms with van der Waals surface area (Å²) >= 11 is 0. The third-order valence-electron chi connectivity index (χ3n) is 5.12. The lowest BCUT2D eigenvalue weighted by Gasteiger charge is -2.22. The molecule has 168 valence electrons. The van der Waals surface area contributed by atoms with Gasteiger partial charge in [0, 0.05) is 6.54 Å². The van der Waals surface area contributed by atoms with Crippen LogP contribution < -0.4 is 0 Å². The lowest BCUT2D eigenvalue weighted by atomic mass is 10.1. The van der Waals surface area contributed by atoms with Crippen molar-refractivity contribution in [3.05, 3.63) is 82.7 Å². The predicted molar refractivity (Wildman–Crippen MR) is 111 cm³/mol. The Morgan fingerprint density at radius 2 is 1.81 bits per heavy atom. The Bertz CT molecular complexity index is 1140. The number of aryl methyl sites for hydroxylation is 1. The van der Waals surface area contributed by atoms with Crippen molar-refractivity contribution in [2.24, 2.45) is 0 Å². The van der Waals surface area contributed by atoms with Gasteiger partial charge in [0.15, 0.2) is 0 Å². The van der Waals surface area contributed by atoms with E-state index in [1.807, 2.05) is 31.2 Å². The molecule has 0 atom stereocenters. The Morgan fingerprint density at radius 3 is 2.47 bits per heavy atom. The van der Waals surface area contributed by atoms with Crippen LogP contribution in [0.3, 0.4) is 0 Å². The molecule has 0 aliphatic heterocycles. The Labute approximate surface area is 183 Å². The van der Waals surface area contributed by atoms with E-state index in [1.54, 1.807) is 6.92 Å². The molecule has 1 heterocycles. The van der Waals surface area contributed by atoms with Crippen LogP contribution in [0.4, 0.5) is 13.2 Å². The standard InChI is InChI=1S/C23H22F3N3O3/c1-15-7-4-5-8-17(15)13-28(14-21(30)32-3)22(31)20-12-27-29(16(20)2)19-10-6-9-18(11-19)23(24,25)26/h4-12H,13-14H2,1-3H3. The molecule has 0 aliphatic rings. The zero-order valence-corrected chi connectivity index (χ0v) is 17.8. The number of alkyl halides is 3. The van der Waals surface area contributed by atoms with E-state index in [0.717, 1.165) is 23.3 Å². The van der Waals surface area contributed by atoms with Crippen molar-refractivity contribution in [1.29, 1.82) is 0 Å². The smallest absolute Gasteiger partial charge is 0.416 e. The van der Waals surface area contributed by atoms with Gasteiger partial charge in [0.1, 0.15) is 6.54 Å². The maximum absolute atomic E-state index is 13.3. The van der Waals surface area contributed by atoms with E-state index in [2.05, 4.69) is 5.10 Å². The monoisotopic (exact) mass is 445 g/mol. The number of ether oxygens (including phenoxy) is 1. The maximum Gasteiger partial charge on any atom is 0.416 e. The fraction of sp³-hybridized carbons (Fsp3) is 0.261. The second-order valence-electron chi connectivity index (χ2n) is 7.27. The summed E-state index contributed by atoms with van der Waals surface area (Å²) in [5.74, 6) is -1.07. The first-order valence-corrected chi connectivity index (χ1v) is 9.74. The number of esters is 1. The van der Waals surface area contributed by atoms with E-state index in [0.29, 0.717) is 5.69 Å². The minimum absolute atomic E-state index is 0.161. The highest BCUT2D eigenvalue weighted by Crippen LogP contribution is 2.30. The molecule has 1 aromatic heterocycles. The van der Waals surface area contributed by atoms with Crippen molar-refractivity contribution in [1.82, 2.24) is 14.7 Å². The topological polar surface area (TPSA) is 64.4 Å². The molecule has 6 nitrogen and oxygen atoms in total. The van der Waals surface area contributed by atoms with Crippen LogP contribution in [0.2, 0.25) is 0 Å². The van der Waals surface area contributed by atoms with Crippen molar-refractivity contribution >= 4 is 11.9 Å². The van der Waals surface area contributed by atoms with Gasteiger partial charge in [-0.3, -0.25) is 9.59 Å². The largest absolute Gasteiger partial charge is 0.468 e. The van der Waals surface area contributed by atoms with Gasteiger partial charge in [0.05, 0.1) is 35.8 Å². The molecular formula is C23H22F3N3O3. The highest BCUT2D eigenvalue weighted by Gasteiger charge is 2.31. The number of rotatable bonds is 6. The van der Waals surface area contributed by atoms with Gasteiger partial charge in [-0.1, -0.05) is 30.3 Å². The van der Waals surface area contributed by atoms with Crippen molar-refractivity contribution < 1.29 is 27.5 Å². The number of nitrogens with zero attached hydrogens (tertiary/aromatic N) is 3. The van der Waals surface area contributed by atoms with E-state index in [-0.39, 0.29) is 24.3 Å². The quantitative estimate of drug-likeness (QED) is 0.530. The number of hydrogen-bond donors (Lipinski definition) is 0. The highest BCUT2D eigenvalue weighted by atomic mass is 19.4. The van der Waals surface area contributed by atoms with E-state index in [9.17, 15) is 22.8 Å². The van der Waals surface area contributed by atoms with Crippen LogP contribution in [0.5, 0.6) is 0 Å². The number of aromatic nitrogens is 2. The average Bonchev–Trinajstić information content (AvgIpc) is 3.14. The molecule has 0 spiro atoms. The zero-order valence-electron chi connectivity index (χ0n) is 17.8. The number of hydrogen-bond acceptors (Lipinski definition) is 4. The highest BCUT2D eigenvalue weighted by molar-refractivity contribution is 5.96. The predicted octanol–water partition coefficient (Wildman–Crippen LogP) is 4.32. The molecule has 0 saturated carbocycles. The Kier molecular flexibility index (Phi) is 6.67. The van der Waals surface area contributed by atoms with Gasteiger partial charge in [0.25, 0.3) is 5.91 Å². The van der Waals surface area contributed by atoms with Gasteiger partial charge in [-0.15, -0.1) is 0 Å². The van der Waals surface area contributed by atoms with E-state index in [4.69, 9.17) is 4.74 Å². The van der Waals surface area contributed by atoms with Gasteiger partial charge < -0.3 is 9.64 Å². The van der Waals surface area contributed by atoms with Crippen LogP contribution in [0.15, 0.2) is 54.7 Å². The molecule has 0 fully saturated rings. The summed E-state index contributed by atoms with van der Waals surface area (Å²) in [6, 6.07) is 12.1. The van der Waals surface area contributed by atoms with Gasteiger partial charge >= 0.3 is 12.1 Å². The summed E-state index contributed by atoms with van der Waals surface area (Å²) in [5.41, 5.74) is 1.70. The van der Waals surface area contributed by atoms with Crippen LogP contribution in [-0.4, -0.2) is 40.2 Å². The van der Waals surface area contributed by atoms with Crippen LogP contribution in [0.25, 0.3) is 5.69 Å². The molecule has 1 amide bonds. The maximum atomic E-state index is 13.3.